The second kappa shape index (κ2) is 7.40. The Hall–Kier alpha value is -2.21. The molecule has 0 atom stereocenters. The maximum absolute atomic E-state index is 11.5. The van der Waals surface area contributed by atoms with Crippen LogP contribution in [-0.4, -0.2) is 22.8 Å². The maximum Gasteiger partial charge on any atom is 0.402 e. The van der Waals surface area contributed by atoms with Crippen molar-refractivity contribution >= 4 is 33.6 Å². The Balaban J connectivity index is 0.000000444. The van der Waals surface area contributed by atoms with E-state index >= 15 is 0 Å². The van der Waals surface area contributed by atoms with Crippen molar-refractivity contribution in [3.63, 3.8) is 0 Å². The zero-order valence-electron chi connectivity index (χ0n) is 10.4. The number of hydrogen-bond acceptors (Lipinski definition) is 3. The van der Waals surface area contributed by atoms with Crippen LogP contribution in [0.5, 0.6) is 0 Å². The van der Waals surface area contributed by atoms with E-state index in [1.165, 1.54) is 18.2 Å². The van der Waals surface area contributed by atoms with Crippen molar-refractivity contribution in [1.29, 1.82) is 0 Å². The Labute approximate surface area is 123 Å². The highest BCUT2D eigenvalue weighted by Gasteiger charge is 2.13. The predicted molar refractivity (Wildman–Crippen MR) is 77.3 cm³/mol. The zero-order chi connectivity index (χ0) is 15.1. The molecule has 0 fully saturated rings. The van der Waals surface area contributed by atoms with Crippen LogP contribution in [0.3, 0.4) is 0 Å². The summed E-state index contributed by atoms with van der Waals surface area (Å²) >= 11 is 3.37. The van der Waals surface area contributed by atoms with Gasteiger partial charge in [-0.1, -0.05) is 28.1 Å². The number of carbonyl (C=O) groups excluding carboxylic acids is 2. The molecule has 20 heavy (non-hydrogen) atoms. The Kier molecular flexibility index (Phi) is 5.86. The molecule has 1 aromatic carbocycles. The predicted octanol–water partition coefficient (Wildman–Crippen LogP) is 2.25. The zero-order valence-corrected chi connectivity index (χ0v) is 12.0. The number of amides is 1. The maximum atomic E-state index is 11.5. The summed E-state index contributed by atoms with van der Waals surface area (Å²) in [5.41, 5.74) is 5.59. The minimum Gasteiger partial charge on any atom is -0.465 e. The molecule has 2 rings (SSSR count). The molecule has 0 heterocycles. The van der Waals surface area contributed by atoms with Gasteiger partial charge in [0.15, 0.2) is 11.6 Å². The fraction of sp³-hybridized carbons (Fsp3) is 0.0714. The molecular formula is C14H12BrNO4. The van der Waals surface area contributed by atoms with Gasteiger partial charge in [0, 0.05) is 16.5 Å². The van der Waals surface area contributed by atoms with Crippen molar-refractivity contribution in [2.75, 3.05) is 0 Å². The first-order valence-electron chi connectivity index (χ1n) is 5.58. The van der Waals surface area contributed by atoms with Crippen molar-refractivity contribution in [2.45, 2.75) is 6.42 Å². The number of hydrogen-bond donors (Lipinski definition) is 2. The van der Waals surface area contributed by atoms with Gasteiger partial charge in [0.05, 0.1) is 0 Å². The van der Waals surface area contributed by atoms with Crippen LogP contribution in [0.25, 0.3) is 0 Å². The van der Waals surface area contributed by atoms with Crippen molar-refractivity contribution in [3.05, 3.63) is 58.1 Å². The van der Waals surface area contributed by atoms with E-state index in [1.54, 1.807) is 0 Å². The van der Waals surface area contributed by atoms with Gasteiger partial charge < -0.3 is 10.8 Å². The molecule has 104 valence electrons. The SMILES string of the molecule is NC(=O)O.O=C1C=CC(=O)C(Cc2cccc(Br)c2)=C1. The molecule has 0 bridgehead atoms. The lowest BCUT2D eigenvalue weighted by molar-refractivity contribution is -0.114. The molecule has 1 amide bonds. The first-order valence-corrected chi connectivity index (χ1v) is 6.37. The number of allylic oxidation sites excluding steroid dienone is 4. The van der Waals surface area contributed by atoms with Gasteiger partial charge in [0.2, 0.25) is 0 Å². The highest BCUT2D eigenvalue weighted by molar-refractivity contribution is 9.10. The fourth-order valence-electron chi connectivity index (χ4n) is 1.56. The first kappa shape index (κ1) is 15.8. The lowest BCUT2D eigenvalue weighted by atomic mass is 9.97. The fourth-order valence-corrected chi connectivity index (χ4v) is 2.01. The number of benzene rings is 1. The normalized spacial score (nSPS) is 13.3. The van der Waals surface area contributed by atoms with Gasteiger partial charge in [-0.15, -0.1) is 0 Å². The molecule has 0 saturated carbocycles. The van der Waals surface area contributed by atoms with Crippen molar-refractivity contribution in [2.24, 2.45) is 5.73 Å². The van der Waals surface area contributed by atoms with Gasteiger partial charge in [-0.2, -0.15) is 0 Å². The van der Waals surface area contributed by atoms with E-state index in [1.807, 2.05) is 24.3 Å². The van der Waals surface area contributed by atoms with E-state index in [9.17, 15) is 9.59 Å². The molecule has 1 aliphatic rings. The molecule has 0 aliphatic heterocycles. The Bertz CT molecular complexity index is 601. The highest BCUT2D eigenvalue weighted by Crippen LogP contribution is 2.17. The number of carboxylic acid groups (broad SMARTS) is 1. The Morgan fingerprint density at radius 1 is 1.25 bits per heavy atom. The van der Waals surface area contributed by atoms with Crippen LogP contribution < -0.4 is 5.73 Å². The number of carbonyl (C=O) groups is 3. The van der Waals surface area contributed by atoms with Crippen LogP contribution in [0, 0.1) is 0 Å². The molecule has 0 saturated heterocycles. The molecule has 0 unspecified atom stereocenters. The van der Waals surface area contributed by atoms with Gasteiger partial charge in [-0.25, -0.2) is 4.79 Å². The van der Waals surface area contributed by atoms with Gasteiger partial charge in [0.1, 0.15) is 0 Å². The molecule has 0 radical (unpaired) electrons. The molecule has 1 aliphatic carbocycles. The average molecular weight is 338 g/mol. The quantitative estimate of drug-likeness (QED) is 0.808. The largest absolute Gasteiger partial charge is 0.465 e. The summed E-state index contributed by atoms with van der Waals surface area (Å²) in [5, 5.41) is 7.19. The van der Waals surface area contributed by atoms with Gasteiger partial charge in [-0.05, 0) is 35.9 Å². The van der Waals surface area contributed by atoms with Gasteiger partial charge >= 0.3 is 6.09 Å². The minimum atomic E-state index is -1.33. The number of primary amides is 1. The van der Waals surface area contributed by atoms with Crippen molar-refractivity contribution in [3.8, 4) is 0 Å². The average Bonchev–Trinajstić information content (AvgIpc) is 2.33. The van der Waals surface area contributed by atoms with E-state index in [0.717, 1.165) is 10.0 Å². The van der Waals surface area contributed by atoms with E-state index in [-0.39, 0.29) is 11.6 Å². The van der Waals surface area contributed by atoms with Crippen molar-refractivity contribution in [1.82, 2.24) is 0 Å². The molecule has 0 aromatic heterocycles. The van der Waals surface area contributed by atoms with Crippen LogP contribution in [0.4, 0.5) is 4.79 Å². The third kappa shape index (κ3) is 5.62. The second-order valence-electron chi connectivity index (χ2n) is 3.91. The van der Waals surface area contributed by atoms with Gasteiger partial charge in [0.25, 0.3) is 0 Å². The summed E-state index contributed by atoms with van der Waals surface area (Å²) in [4.78, 5) is 31.4. The summed E-state index contributed by atoms with van der Waals surface area (Å²) in [6.45, 7) is 0. The van der Waals surface area contributed by atoms with Crippen LogP contribution in [-0.2, 0) is 16.0 Å². The molecule has 1 aromatic rings. The number of rotatable bonds is 2. The number of ketones is 2. The molecule has 6 heteroatoms. The lowest BCUT2D eigenvalue weighted by Crippen LogP contribution is -2.09. The smallest absolute Gasteiger partial charge is 0.402 e. The van der Waals surface area contributed by atoms with Gasteiger partial charge in [-0.3, -0.25) is 9.59 Å². The third-order valence-electron chi connectivity index (χ3n) is 2.32. The first-order chi connectivity index (χ1) is 9.38. The monoisotopic (exact) mass is 337 g/mol. The van der Waals surface area contributed by atoms with Crippen LogP contribution >= 0.6 is 15.9 Å². The molecular weight excluding hydrogens is 326 g/mol. The highest BCUT2D eigenvalue weighted by atomic mass is 79.9. The Morgan fingerprint density at radius 3 is 2.50 bits per heavy atom. The van der Waals surface area contributed by atoms with Crippen molar-refractivity contribution < 1.29 is 19.5 Å². The second-order valence-corrected chi connectivity index (χ2v) is 4.83. The van der Waals surface area contributed by atoms with Crippen LogP contribution in [0.15, 0.2) is 52.5 Å². The van der Waals surface area contributed by atoms with E-state index in [4.69, 9.17) is 9.90 Å². The summed E-state index contributed by atoms with van der Waals surface area (Å²) in [7, 11) is 0. The minimum absolute atomic E-state index is 0.0837. The van der Waals surface area contributed by atoms with Crippen LogP contribution in [0.1, 0.15) is 5.56 Å². The van der Waals surface area contributed by atoms with E-state index in [2.05, 4.69) is 21.7 Å². The standard InChI is InChI=1S/C13H9BrO2.CH3NO2/c14-11-3-1-2-9(7-11)6-10-8-12(15)4-5-13(10)16;2-1(3)4/h1-5,7-8H,6H2;2H2,(H,3,4). The van der Waals surface area contributed by atoms with E-state index in [0.29, 0.717) is 12.0 Å². The third-order valence-corrected chi connectivity index (χ3v) is 2.81. The summed E-state index contributed by atoms with van der Waals surface area (Å²) < 4.78 is 0.968. The topological polar surface area (TPSA) is 97.5 Å². The van der Waals surface area contributed by atoms with Crippen LogP contribution in [0.2, 0.25) is 0 Å². The Morgan fingerprint density at radius 2 is 1.90 bits per heavy atom. The lowest BCUT2D eigenvalue weighted by Gasteiger charge is -2.07. The number of halogens is 1. The molecule has 5 nitrogen and oxygen atoms in total. The summed E-state index contributed by atoms with van der Waals surface area (Å²) in [6.07, 6.45) is 3.19. The summed E-state index contributed by atoms with van der Waals surface area (Å²) in [6, 6.07) is 7.70. The van der Waals surface area contributed by atoms with E-state index < -0.39 is 6.09 Å². The molecule has 0 spiro atoms. The number of nitrogens with two attached hydrogens (primary N) is 1. The summed E-state index contributed by atoms with van der Waals surface area (Å²) in [5.74, 6) is -0.204. The molecule has 3 N–H and O–H groups in total.